The second kappa shape index (κ2) is 6.70. The van der Waals surface area contributed by atoms with Crippen LogP contribution in [0.25, 0.3) is 6.08 Å². The molecule has 0 aliphatic heterocycles. The Morgan fingerprint density at radius 3 is 2.95 bits per heavy atom. The Morgan fingerprint density at radius 2 is 2.25 bits per heavy atom. The number of allylic oxidation sites excluding steroid dienone is 1. The topological polar surface area (TPSA) is 44.1 Å². The first kappa shape index (κ1) is 14.1. The average Bonchev–Trinajstić information content (AvgIpc) is 2.94. The molecule has 1 aromatic heterocycles. The fourth-order valence-corrected chi connectivity index (χ4v) is 1.81. The minimum Gasteiger partial charge on any atom is -0.494 e. The van der Waals surface area contributed by atoms with Crippen molar-refractivity contribution in [3.05, 3.63) is 53.9 Å². The van der Waals surface area contributed by atoms with Gasteiger partial charge in [0.25, 0.3) is 0 Å². The number of aryl methyl sites for hydroxylation is 1. The molecule has 2 rings (SSSR count). The molecule has 0 aliphatic rings. The average molecular weight is 270 g/mol. The summed E-state index contributed by atoms with van der Waals surface area (Å²) < 4.78 is 7.16. The molecule has 2 aromatic rings. The van der Waals surface area contributed by atoms with Crippen LogP contribution in [0.1, 0.15) is 29.8 Å². The second-order valence-electron chi connectivity index (χ2n) is 4.29. The molecule has 0 radical (unpaired) electrons. The van der Waals surface area contributed by atoms with E-state index in [1.54, 1.807) is 29.2 Å². The predicted octanol–water partition coefficient (Wildman–Crippen LogP) is 3.20. The van der Waals surface area contributed by atoms with Crippen LogP contribution in [0.3, 0.4) is 0 Å². The van der Waals surface area contributed by atoms with Gasteiger partial charge in [-0.05, 0) is 37.6 Å². The van der Waals surface area contributed by atoms with E-state index in [1.807, 2.05) is 38.1 Å². The van der Waals surface area contributed by atoms with Crippen molar-refractivity contribution < 1.29 is 9.53 Å². The van der Waals surface area contributed by atoms with Crippen molar-refractivity contribution in [3.8, 4) is 5.75 Å². The van der Waals surface area contributed by atoms with Gasteiger partial charge in [-0.1, -0.05) is 18.2 Å². The molecule has 104 valence electrons. The van der Waals surface area contributed by atoms with Gasteiger partial charge in [0.1, 0.15) is 5.75 Å². The summed E-state index contributed by atoms with van der Waals surface area (Å²) in [6.45, 7) is 5.31. The van der Waals surface area contributed by atoms with Crippen LogP contribution in [-0.4, -0.2) is 22.2 Å². The Morgan fingerprint density at radius 1 is 1.40 bits per heavy atom. The summed E-state index contributed by atoms with van der Waals surface area (Å²) in [5.74, 6) is 0.757. The molecule has 0 saturated carbocycles. The number of ether oxygens (including phenoxy) is 1. The Labute approximate surface area is 118 Å². The van der Waals surface area contributed by atoms with E-state index in [0.29, 0.717) is 12.2 Å². The first-order valence-electron chi connectivity index (χ1n) is 6.70. The first-order valence-corrected chi connectivity index (χ1v) is 6.70. The van der Waals surface area contributed by atoms with E-state index in [2.05, 4.69) is 5.10 Å². The van der Waals surface area contributed by atoms with Crippen LogP contribution in [0.15, 0.2) is 42.7 Å². The SMILES string of the molecule is CCOc1cccc(/C=C/C(=O)c2cnn(CC)c2)c1. The number of ketones is 1. The summed E-state index contributed by atoms with van der Waals surface area (Å²) in [6.07, 6.45) is 6.69. The van der Waals surface area contributed by atoms with Gasteiger partial charge in [0.2, 0.25) is 0 Å². The Hall–Kier alpha value is -2.36. The van der Waals surface area contributed by atoms with E-state index in [9.17, 15) is 4.79 Å². The number of carbonyl (C=O) groups is 1. The normalized spacial score (nSPS) is 10.9. The van der Waals surface area contributed by atoms with Gasteiger partial charge in [-0.15, -0.1) is 0 Å². The molecule has 0 N–H and O–H groups in total. The van der Waals surface area contributed by atoms with E-state index in [4.69, 9.17) is 4.74 Å². The highest BCUT2D eigenvalue weighted by Crippen LogP contribution is 2.14. The van der Waals surface area contributed by atoms with Gasteiger partial charge in [-0.3, -0.25) is 9.48 Å². The molecule has 0 bridgehead atoms. The Kier molecular flexibility index (Phi) is 4.71. The Bertz CT molecular complexity index is 614. The number of benzene rings is 1. The maximum Gasteiger partial charge on any atom is 0.189 e. The van der Waals surface area contributed by atoms with E-state index in [-0.39, 0.29) is 5.78 Å². The molecule has 1 heterocycles. The van der Waals surface area contributed by atoms with Gasteiger partial charge in [0.15, 0.2) is 5.78 Å². The standard InChI is InChI=1S/C16H18N2O2/c1-3-18-12-14(11-17-18)16(19)9-8-13-6-5-7-15(10-13)20-4-2/h5-12H,3-4H2,1-2H3/b9-8+. The summed E-state index contributed by atoms with van der Waals surface area (Å²) >= 11 is 0. The van der Waals surface area contributed by atoms with Gasteiger partial charge in [0, 0.05) is 12.7 Å². The third kappa shape index (κ3) is 3.57. The van der Waals surface area contributed by atoms with Crippen molar-refractivity contribution in [2.24, 2.45) is 0 Å². The fraction of sp³-hybridized carbons (Fsp3) is 0.250. The molecular formula is C16H18N2O2. The lowest BCUT2D eigenvalue weighted by atomic mass is 10.1. The molecule has 4 nitrogen and oxygen atoms in total. The first-order chi connectivity index (χ1) is 9.72. The zero-order chi connectivity index (χ0) is 14.4. The van der Waals surface area contributed by atoms with Crippen molar-refractivity contribution >= 4 is 11.9 Å². The lowest BCUT2D eigenvalue weighted by molar-refractivity contribution is 0.104. The molecular weight excluding hydrogens is 252 g/mol. The zero-order valence-electron chi connectivity index (χ0n) is 11.7. The molecule has 0 fully saturated rings. The van der Waals surface area contributed by atoms with Crippen LogP contribution in [0.2, 0.25) is 0 Å². The largest absolute Gasteiger partial charge is 0.494 e. The van der Waals surface area contributed by atoms with E-state index >= 15 is 0 Å². The number of carbonyl (C=O) groups excluding carboxylic acids is 1. The van der Waals surface area contributed by atoms with E-state index in [1.165, 1.54) is 0 Å². The van der Waals surface area contributed by atoms with Crippen molar-refractivity contribution in [2.75, 3.05) is 6.61 Å². The number of aromatic nitrogens is 2. The summed E-state index contributed by atoms with van der Waals surface area (Å²) in [5, 5.41) is 4.09. The number of rotatable bonds is 6. The van der Waals surface area contributed by atoms with Crippen molar-refractivity contribution in [2.45, 2.75) is 20.4 Å². The van der Waals surface area contributed by atoms with E-state index in [0.717, 1.165) is 17.9 Å². The number of hydrogen-bond acceptors (Lipinski definition) is 3. The maximum atomic E-state index is 12.0. The molecule has 0 amide bonds. The second-order valence-corrected chi connectivity index (χ2v) is 4.29. The zero-order valence-corrected chi connectivity index (χ0v) is 11.7. The van der Waals surface area contributed by atoms with Gasteiger partial charge in [-0.25, -0.2) is 0 Å². The summed E-state index contributed by atoms with van der Waals surface area (Å²) in [6, 6.07) is 7.64. The van der Waals surface area contributed by atoms with Gasteiger partial charge in [0.05, 0.1) is 18.4 Å². The fourth-order valence-electron chi connectivity index (χ4n) is 1.81. The lowest BCUT2D eigenvalue weighted by Crippen LogP contribution is -1.94. The van der Waals surface area contributed by atoms with Crippen LogP contribution in [0, 0.1) is 0 Å². The summed E-state index contributed by atoms with van der Waals surface area (Å²) in [5.41, 5.74) is 1.54. The third-order valence-electron chi connectivity index (χ3n) is 2.84. The number of nitrogens with zero attached hydrogens (tertiary/aromatic N) is 2. The summed E-state index contributed by atoms with van der Waals surface area (Å²) in [4.78, 5) is 12.0. The highest BCUT2D eigenvalue weighted by atomic mass is 16.5. The molecule has 0 atom stereocenters. The monoisotopic (exact) mass is 270 g/mol. The molecule has 0 saturated heterocycles. The smallest absolute Gasteiger partial charge is 0.189 e. The van der Waals surface area contributed by atoms with Crippen LogP contribution >= 0.6 is 0 Å². The Balaban J connectivity index is 2.08. The minimum absolute atomic E-state index is 0.0495. The van der Waals surface area contributed by atoms with E-state index < -0.39 is 0 Å². The van der Waals surface area contributed by atoms with Gasteiger partial charge >= 0.3 is 0 Å². The van der Waals surface area contributed by atoms with Crippen molar-refractivity contribution in [1.29, 1.82) is 0 Å². The quantitative estimate of drug-likeness (QED) is 0.598. The highest BCUT2D eigenvalue weighted by Gasteiger charge is 2.04. The third-order valence-corrected chi connectivity index (χ3v) is 2.84. The van der Waals surface area contributed by atoms with Crippen molar-refractivity contribution in [1.82, 2.24) is 9.78 Å². The van der Waals surface area contributed by atoms with Gasteiger partial charge < -0.3 is 4.74 Å². The van der Waals surface area contributed by atoms with Gasteiger partial charge in [-0.2, -0.15) is 5.10 Å². The molecule has 20 heavy (non-hydrogen) atoms. The summed E-state index contributed by atoms with van der Waals surface area (Å²) in [7, 11) is 0. The molecule has 0 aliphatic carbocycles. The minimum atomic E-state index is -0.0495. The van der Waals surface area contributed by atoms with Crippen molar-refractivity contribution in [3.63, 3.8) is 0 Å². The maximum absolute atomic E-state index is 12.0. The highest BCUT2D eigenvalue weighted by molar-refractivity contribution is 6.06. The van der Waals surface area contributed by atoms with Crippen LogP contribution in [0.4, 0.5) is 0 Å². The lowest BCUT2D eigenvalue weighted by Gasteiger charge is -2.02. The van der Waals surface area contributed by atoms with Crippen LogP contribution in [0.5, 0.6) is 5.75 Å². The molecule has 0 unspecified atom stereocenters. The van der Waals surface area contributed by atoms with Crippen LogP contribution < -0.4 is 4.74 Å². The van der Waals surface area contributed by atoms with Crippen LogP contribution in [-0.2, 0) is 6.54 Å². The predicted molar refractivity (Wildman–Crippen MR) is 78.9 cm³/mol. The number of hydrogen-bond donors (Lipinski definition) is 0. The molecule has 4 heteroatoms. The molecule has 1 aromatic carbocycles. The molecule has 0 spiro atoms.